The predicted octanol–water partition coefficient (Wildman–Crippen LogP) is 2.09. The van der Waals surface area contributed by atoms with Crippen LogP contribution >= 0.6 is 0 Å². The van der Waals surface area contributed by atoms with Crippen molar-refractivity contribution in [1.29, 1.82) is 0 Å². The lowest BCUT2D eigenvalue weighted by molar-refractivity contribution is -0.0140. The number of benzene rings is 1. The normalized spacial score (nSPS) is 19.4. The van der Waals surface area contributed by atoms with Gasteiger partial charge in [-0.15, -0.1) is 0 Å². The smallest absolute Gasteiger partial charge is 0.349 e. The molecule has 0 saturated carbocycles. The van der Waals surface area contributed by atoms with Gasteiger partial charge in [0.05, 0.1) is 18.8 Å². The number of rotatable bonds is 5. The van der Waals surface area contributed by atoms with Gasteiger partial charge in [0, 0.05) is 30.1 Å². The molecule has 0 unspecified atom stereocenters. The summed E-state index contributed by atoms with van der Waals surface area (Å²) in [6.07, 6.45) is 2.99. The van der Waals surface area contributed by atoms with E-state index in [0.29, 0.717) is 37.2 Å². The van der Waals surface area contributed by atoms with Crippen molar-refractivity contribution in [3.05, 3.63) is 69.4 Å². The van der Waals surface area contributed by atoms with Crippen molar-refractivity contribution in [2.75, 3.05) is 13.2 Å². The number of carbonyl (C=O) groups excluding carboxylic acids is 1. The number of aryl methyl sites for hydroxylation is 3. The third-order valence-electron chi connectivity index (χ3n) is 5.38. The topological polar surface area (TPSA) is 105 Å². The Labute approximate surface area is 167 Å². The Morgan fingerprint density at radius 1 is 1.31 bits per heavy atom. The Morgan fingerprint density at radius 2 is 2.14 bits per heavy atom. The Morgan fingerprint density at radius 3 is 2.93 bits per heavy atom. The first-order chi connectivity index (χ1) is 14.0. The number of aromatic amines is 1. The molecule has 0 bridgehead atoms. The number of aliphatic hydroxyl groups is 1. The molecule has 4 rings (SSSR count). The van der Waals surface area contributed by atoms with Crippen LogP contribution in [0.2, 0.25) is 0 Å². The molecule has 29 heavy (non-hydrogen) atoms. The number of para-hydroxylation sites is 1. The van der Waals surface area contributed by atoms with E-state index in [9.17, 15) is 14.7 Å². The van der Waals surface area contributed by atoms with Crippen molar-refractivity contribution < 1.29 is 19.1 Å². The summed E-state index contributed by atoms with van der Waals surface area (Å²) in [5, 5.41) is 13.8. The minimum absolute atomic E-state index is 0.0291. The SMILES string of the molecule is Cc1cc(CCc2c[nH]c3ccccc23)oc(=O)c1C(=O)N[C@@H]1COCC[C@@H]1O. The zero-order valence-electron chi connectivity index (χ0n) is 16.2. The van der Waals surface area contributed by atoms with Crippen molar-refractivity contribution in [2.24, 2.45) is 0 Å². The first-order valence-electron chi connectivity index (χ1n) is 9.78. The van der Waals surface area contributed by atoms with Gasteiger partial charge in [0.2, 0.25) is 0 Å². The fourth-order valence-electron chi connectivity index (χ4n) is 3.77. The highest BCUT2D eigenvalue weighted by molar-refractivity contribution is 5.95. The number of aliphatic hydroxyl groups excluding tert-OH is 1. The number of nitrogens with one attached hydrogen (secondary N) is 2. The Hall–Kier alpha value is -2.90. The molecule has 7 nitrogen and oxygen atoms in total. The van der Waals surface area contributed by atoms with Crippen LogP contribution in [-0.4, -0.2) is 41.4 Å². The lowest BCUT2D eigenvalue weighted by Crippen LogP contribution is -2.50. The van der Waals surface area contributed by atoms with E-state index < -0.39 is 23.7 Å². The van der Waals surface area contributed by atoms with E-state index in [-0.39, 0.29) is 12.2 Å². The largest absolute Gasteiger partial charge is 0.427 e. The fourth-order valence-corrected chi connectivity index (χ4v) is 3.77. The summed E-state index contributed by atoms with van der Waals surface area (Å²) in [5.74, 6) is -0.00987. The highest BCUT2D eigenvalue weighted by Gasteiger charge is 2.27. The van der Waals surface area contributed by atoms with Crippen LogP contribution in [0.3, 0.4) is 0 Å². The number of aromatic nitrogens is 1. The molecular formula is C22H24N2O5. The molecule has 7 heteroatoms. The Balaban J connectivity index is 1.48. The molecule has 1 amide bonds. The van der Waals surface area contributed by atoms with Crippen molar-refractivity contribution in [1.82, 2.24) is 10.3 Å². The van der Waals surface area contributed by atoms with Gasteiger partial charge in [-0.2, -0.15) is 0 Å². The van der Waals surface area contributed by atoms with Gasteiger partial charge in [-0.05, 0) is 43.0 Å². The standard InChI is InChI=1S/C22H24N2O5/c1-13-10-15(7-6-14-11-23-17-5-3-2-4-16(14)17)29-22(27)20(13)21(26)24-18-12-28-9-8-19(18)25/h2-5,10-11,18-19,23,25H,6-9,12H2,1H3,(H,24,26)/t18-,19+/m1/s1. The molecule has 1 aliphatic heterocycles. The molecule has 3 heterocycles. The van der Waals surface area contributed by atoms with Gasteiger partial charge >= 0.3 is 5.63 Å². The number of amides is 1. The number of fused-ring (bicyclic) bond motifs is 1. The number of carbonyl (C=O) groups is 1. The molecule has 1 saturated heterocycles. The summed E-state index contributed by atoms with van der Waals surface area (Å²) in [7, 11) is 0. The average Bonchev–Trinajstić information content (AvgIpc) is 3.11. The highest BCUT2D eigenvalue weighted by atomic mass is 16.5. The lowest BCUT2D eigenvalue weighted by Gasteiger charge is -2.28. The molecule has 1 aromatic carbocycles. The van der Waals surface area contributed by atoms with Gasteiger partial charge in [-0.1, -0.05) is 18.2 Å². The maximum Gasteiger partial charge on any atom is 0.349 e. The Bertz CT molecular complexity index is 1080. The molecule has 0 aliphatic carbocycles. The zero-order chi connectivity index (χ0) is 20.4. The molecule has 1 fully saturated rings. The molecule has 1 aliphatic rings. The van der Waals surface area contributed by atoms with Crippen LogP contribution < -0.4 is 10.9 Å². The molecule has 3 N–H and O–H groups in total. The summed E-state index contributed by atoms with van der Waals surface area (Å²) >= 11 is 0. The molecule has 0 spiro atoms. The highest BCUT2D eigenvalue weighted by Crippen LogP contribution is 2.20. The summed E-state index contributed by atoms with van der Waals surface area (Å²) in [5.41, 5.74) is 2.08. The number of ether oxygens (including phenoxy) is 1. The van der Waals surface area contributed by atoms with Crippen LogP contribution in [-0.2, 0) is 17.6 Å². The van der Waals surface area contributed by atoms with E-state index in [4.69, 9.17) is 9.15 Å². The molecule has 2 aromatic heterocycles. The maximum absolute atomic E-state index is 12.6. The minimum atomic E-state index is -0.685. The van der Waals surface area contributed by atoms with Crippen LogP contribution in [0.15, 0.2) is 45.7 Å². The first-order valence-corrected chi connectivity index (χ1v) is 9.78. The average molecular weight is 396 g/mol. The lowest BCUT2D eigenvalue weighted by atomic mass is 10.0. The van der Waals surface area contributed by atoms with Crippen molar-refractivity contribution in [3.63, 3.8) is 0 Å². The minimum Gasteiger partial charge on any atom is -0.427 e. The summed E-state index contributed by atoms with van der Waals surface area (Å²) in [6, 6.07) is 9.25. The van der Waals surface area contributed by atoms with Crippen LogP contribution in [0, 0.1) is 6.92 Å². The third kappa shape index (κ3) is 4.11. The first kappa shape index (κ1) is 19.4. The molecule has 152 valence electrons. The van der Waals surface area contributed by atoms with Crippen molar-refractivity contribution in [2.45, 2.75) is 38.3 Å². The molecule has 3 aromatic rings. The van der Waals surface area contributed by atoms with Gasteiger partial charge < -0.3 is 24.6 Å². The Kier molecular flexibility index (Phi) is 5.51. The summed E-state index contributed by atoms with van der Waals surface area (Å²) in [6.45, 7) is 2.40. The number of hydrogen-bond acceptors (Lipinski definition) is 5. The van der Waals surface area contributed by atoms with Crippen LogP contribution in [0.4, 0.5) is 0 Å². The van der Waals surface area contributed by atoms with E-state index in [1.807, 2.05) is 24.4 Å². The number of H-pyrrole nitrogens is 1. The second-order valence-corrected chi connectivity index (χ2v) is 7.43. The second-order valence-electron chi connectivity index (χ2n) is 7.43. The molecular weight excluding hydrogens is 372 g/mol. The van der Waals surface area contributed by atoms with E-state index in [0.717, 1.165) is 16.5 Å². The van der Waals surface area contributed by atoms with E-state index >= 15 is 0 Å². The van der Waals surface area contributed by atoms with Crippen LogP contribution in [0.25, 0.3) is 10.9 Å². The second kappa shape index (κ2) is 8.23. The van der Waals surface area contributed by atoms with Gasteiger partial charge in [-0.3, -0.25) is 4.79 Å². The number of hydrogen-bond donors (Lipinski definition) is 3. The van der Waals surface area contributed by atoms with Crippen molar-refractivity contribution >= 4 is 16.8 Å². The van der Waals surface area contributed by atoms with Gasteiger partial charge in [0.1, 0.15) is 11.3 Å². The van der Waals surface area contributed by atoms with Crippen LogP contribution in [0.1, 0.15) is 33.7 Å². The van der Waals surface area contributed by atoms with Gasteiger partial charge in [0.15, 0.2) is 0 Å². The quantitative estimate of drug-likeness (QED) is 0.613. The van der Waals surface area contributed by atoms with E-state index in [1.165, 1.54) is 0 Å². The predicted molar refractivity (Wildman–Crippen MR) is 108 cm³/mol. The van der Waals surface area contributed by atoms with E-state index in [2.05, 4.69) is 16.4 Å². The summed E-state index contributed by atoms with van der Waals surface area (Å²) in [4.78, 5) is 28.3. The van der Waals surface area contributed by atoms with Crippen molar-refractivity contribution in [3.8, 4) is 0 Å². The molecule has 2 atom stereocenters. The van der Waals surface area contributed by atoms with Gasteiger partial charge in [0.25, 0.3) is 5.91 Å². The third-order valence-corrected chi connectivity index (χ3v) is 5.38. The van der Waals surface area contributed by atoms with Crippen LogP contribution in [0.5, 0.6) is 0 Å². The van der Waals surface area contributed by atoms with Gasteiger partial charge in [-0.25, -0.2) is 4.79 Å². The zero-order valence-corrected chi connectivity index (χ0v) is 16.2. The monoisotopic (exact) mass is 396 g/mol. The van der Waals surface area contributed by atoms with E-state index in [1.54, 1.807) is 13.0 Å². The summed E-state index contributed by atoms with van der Waals surface area (Å²) < 4.78 is 10.7. The maximum atomic E-state index is 12.6. The fraction of sp³-hybridized carbons (Fsp3) is 0.364. The molecule has 0 radical (unpaired) electrons.